The molecule has 0 aromatic rings. The van der Waals surface area contributed by atoms with Crippen LogP contribution in [0.15, 0.2) is 0 Å². The molecule has 0 heterocycles. The van der Waals surface area contributed by atoms with Crippen molar-refractivity contribution in [2.75, 3.05) is 0 Å². The van der Waals surface area contributed by atoms with Crippen molar-refractivity contribution in [3.63, 3.8) is 0 Å². The molecule has 15 nitrogen and oxygen atoms in total. The van der Waals surface area contributed by atoms with Gasteiger partial charge in [0.2, 0.25) is 0 Å². The molecular formula is C51H122O15Si8. The lowest BCUT2D eigenvalue weighted by Gasteiger charge is -2.47. The molecule has 6 atom stereocenters. The van der Waals surface area contributed by atoms with Crippen LogP contribution in [0.5, 0.6) is 0 Å². The summed E-state index contributed by atoms with van der Waals surface area (Å²) >= 11 is 0. The lowest BCUT2D eigenvalue weighted by atomic mass is 9.83. The molecule has 0 aliphatic heterocycles. The monoisotopic (exact) mass is 1230 g/mol. The summed E-state index contributed by atoms with van der Waals surface area (Å²) in [5.74, 6) is -3.99. The predicted molar refractivity (Wildman–Crippen MR) is 326 cm³/mol. The summed E-state index contributed by atoms with van der Waals surface area (Å²) in [7, 11) is -27.3. The third-order valence-electron chi connectivity index (χ3n) is 8.89. The molecule has 0 saturated carbocycles. The van der Waals surface area contributed by atoms with Crippen molar-refractivity contribution < 1.29 is 76.3 Å². The van der Waals surface area contributed by atoms with Gasteiger partial charge in [0.1, 0.15) is 0 Å². The number of hydrogen-bond acceptors (Lipinski definition) is 15. The molecule has 0 spiro atoms. The minimum Gasteiger partial charge on any atom is -0.442 e. The number of rotatable bonds is 39. The first-order valence-electron chi connectivity index (χ1n) is 33.0. The second-order valence-corrected chi connectivity index (χ2v) is 41.6. The fourth-order valence-corrected chi connectivity index (χ4v) is 24.7. The Morgan fingerprint density at radius 2 is 0.689 bits per heavy atom. The Hall–Kier alpha value is 1.14. The van der Waals surface area contributed by atoms with Crippen LogP contribution in [-0.2, 0) is 66.7 Å². The lowest BCUT2D eigenvalue weighted by Crippen LogP contribution is -2.55. The van der Waals surface area contributed by atoms with Gasteiger partial charge >= 0.3 is 6.16 Å². The van der Waals surface area contributed by atoms with E-state index in [1.165, 1.54) is 67.0 Å². The van der Waals surface area contributed by atoms with Crippen LogP contribution in [0.25, 0.3) is 0 Å². The topological polar surface area (TPSA) is 138 Å². The van der Waals surface area contributed by atoms with Gasteiger partial charge in [-0.15, -0.1) is 0 Å². The largest absolute Gasteiger partial charge is 0.442 e. The summed E-state index contributed by atoms with van der Waals surface area (Å²) in [6, 6.07) is 0. The Bertz CT molecular complexity index is 1900. The lowest BCUT2D eigenvalue weighted by molar-refractivity contribution is -0.547. The van der Waals surface area contributed by atoms with Gasteiger partial charge < -0.3 is 57.2 Å². The van der Waals surface area contributed by atoms with E-state index >= 15 is 0 Å². The Balaban J connectivity index is 0. The van der Waals surface area contributed by atoms with E-state index < -0.39 is 144 Å². The van der Waals surface area contributed by atoms with E-state index in [9.17, 15) is 0 Å². The van der Waals surface area contributed by atoms with Crippen molar-refractivity contribution in [1.29, 1.82) is 8.64 Å². The molecule has 0 rings (SSSR count). The molecule has 0 radical (unpaired) electrons. The van der Waals surface area contributed by atoms with Crippen LogP contribution in [0.1, 0.15) is 194 Å². The van der Waals surface area contributed by atoms with E-state index in [2.05, 4.69) is 0 Å². The molecule has 0 aliphatic carbocycles. The number of hydrogen-bond donors (Lipinski definition) is 0. The maximum absolute atomic E-state index is 8.80. The van der Waals surface area contributed by atoms with E-state index in [0.29, 0.717) is 6.42 Å². The minimum atomic E-state index is -3.91. The first-order chi connectivity index (χ1) is 37.4. The van der Waals surface area contributed by atoms with E-state index in [0.717, 1.165) is 0 Å². The molecule has 0 bridgehead atoms. The molecule has 0 amide bonds. The van der Waals surface area contributed by atoms with E-state index in [4.69, 9.17) is 84.9 Å². The molecule has 0 saturated heterocycles. The molecule has 0 aliphatic rings. The molecule has 74 heavy (non-hydrogen) atoms. The molecule has 0 fully saturated rings. The normalized spacial score (nSPS) is 23.0. The molecule has 448 valence electrons. The summed E-state index contributed by atoms with van der Waals surface area (Å²) in [4.78, 5) is 0. The fourth-order valence-electron chi connectivity index (χ4n) is 7.64. The van der Waals surface area contributed by atoms with Gasteiger partial charge in [-0.25, -0.2) is 0 Å². The highest BCUT2D eigenvalue weighted by Gasteiger charge is 2.50. The van der Waals surface area contributed by atoms with Crippen LogP contribution in [0, 0.1) is 11.3 Å². The summed E-state index contributed by atoms with van der Waals surface area (Å²) in [6.45, 7) is 52.5. The molecule has 6 unspecified atom stereocenters. The molecule has 0 aromatic carbocycles. The van der Waals surface area contributed by atoms with Gasteiger partial charge in [0.05, 0.1) is 63.3 Å². The van der Waals surface area contributed by atoms with Gasteiger partial charge in [0.15, 0.2) is 28.9 Å². The molecule has 23 heteroatoms. The average Bonchev–Trinajstić information content (AvgIpc) is 3.01. The Morgan fingerprint density at radius 3 is 0.959 bits per heavy atom. The van der Waals surface area contributed by atoms with Crippen LogP contribution in [0.3, 0.4) is 0 Å². The molecular weight excluding hydrogens is 1080 g/mol. The van der Waals surface area contributed by atoms with Gasteiger partial charge in [0.25, 0.3) is 55.3 Å². The third kappa shape index (κ3) is 40.3. The van der Waals surface area contributed by atoms with Crippen molar-refractivity contribution in [1.82, 2.24) is 0 Å². The van der Waals surface area contributed by atoms with Crippen molar-refractivity contribution in [2.24, 2.45) is 11.3 Å². The van der Waals surface area contributed by atoms with E-state index in [1.54, 1.807) is 110 Å². The van der Waals surface area contributed by atoms with E-state index in [-0.39, 0.29) is 37.5 Å². The summed E-state index contributed by atoms with van der Waals surface area (Å²) in [6.07, 6.45) is -10.3. The van der Waals surface area contributed by atoms with Crippen molar-refractivity contribution >= 4 is 72.6 Å². The maximum atomic E-state index is 8.80. The van der Waals surface area contributed by atoms with Crippen molar-refractivity contribution in [3.8, 4) is 0 Å². The summed E-state index contributed by atoms with van der Waals surface area (Å²) < 4.78 is 209. The highest BCUT2D eigenvalue weighted by atomic mass is 28.5. The van der Waals surface area contributed by atoms with E-state index in [1.807, 2.05) is 40.4 Å². The van der Waals surface area contributed by atoms with Crippen LogP contribution in [0.2, 0.25) is 72.0 Å². The zero-order valence-electron chi connectivity index (χ0n) is 66.9. The Kier molecular flexibility index (Phi) is 25.9. The fraction of sp³-hybridized carbons (Fsp3) is 1.00. The number of ether oxygens (including phenoxy) is 8. The highest BCUT2D eigenvalue weighted by molar-refractivity contribution is 6.77. The first kappa shape index (κ1) is 54.4. The average molecular weight is 1230 g/mol. The van der Waals surface area contributed by atoms with Gasteiger partial charge in [0, 0.05) is 28.3 Å². The third-order valence-corrected chi connectivity index (χ3v) is 26.8. The minimum absolute atomic E-state index is 0.0343. The van der Waals surface area contributed by atoms with Crippen LogP contribution in [-0.4, -0.2) is 147 Å². The Morgan fingerprint density at radius 1 is 0.405 bits per heavy atom. The standard InChI is InChI=1S/C40H82O8.C11H40O7Si8/c1-28(2)26-38(41-29(3)4,42-30(5)6)24-22-36(18,19)47-40(45-33(11)12,46-34(13)14)48-37(20,21)23-25-39(43-31(7)8,44-32(9)10)27-35(15,16)17;1-19(2)12-20(3)13-21(4)14-22(5)15-23(6)16-24(7)17-25(8)18-26(9,10)11/h28-34H,22-27H2,1-21H3;19-25H,1-11H3/i28T,29T,30T,31T,32T,33T,34T;19T,20T,21T,22T,23T,24T,25T. The second-order valence-electron chi connectivity index (χ2n) is 23.9. The van der Waals surface area contributed by atoms with Gasteiger partial charge in [-0.1, -0.05) is 34.6 Å². The second kappa shape index (κ2) is 35.2. The zero-order chi connectivity index (χ0) is 71.3. The quantitative estimate of drug-likeness (QED) is 0.0426. The van der Waals surface area contributed by atoms with Crippen molar-refractivity contribution in [2.45, 2.75) is 321 Å². The smallest absolute Gasteiger partial charge is 0.414 e. The van der Waals surface area contributed by atoms with Crippen LogP contribution >= 0.6 is 0 Å². The van der Waals surface area contributed by atoms with Gasteiger partial charge in [-0.2, -0.15) is 0 Å². The van der Waals surface area contributed by atoms with Crippen molar-refractivity contribution in [3.05, 3.63) is 0 Å². The zero-order valence-corrected chi connectivity index (χ0v) is 60.9. The highest BCUT2D eigenvalue weighted by Crippen LogP contribution is 2.42. The Labute approximate surface area is 488 Å². The first-order valence-corrected chi connectivity index (χ1v) is 42.7. The molecule has 0 aromatic heterocycles. The van der Waals surface area contributed by atoms with Gasteiger partial charge in [-0.3, -0.25) is 9.47 Å². The van der Waals surface area contributed by atoms with Crippen LogP contribution in [0.4, 0.5) is 0 Å². The van der Waals surface area contributed by atoms with Gasteiger partial charge in [-0.05, 0) is 207 Å². The molecule has 0 N–H and O–H groups in total. The van der Waals surface area contributed by atoms with Crippen LogP contribution < -0.4 is 0 Å². The summed E-state index contributed by atoms with van der Waals surface area (Å²) in [5, 5.41) is 0. The summed E-state index contributed by atoms with van der Waals surface area (Å²) in [5.41, 5.74) is -2.73. The maximum Gasteiger partial charge on any atom is 0.414 e. The predicted octanol–water partition coefficient (Wildman–Crippen LogP) is 12.2. The SMILES string of the molecule is [3H]C(C)(C)CC(CCC(C)(C)OC(OC([3H])(C)C)(OC([3H])(C)C)OC(C)(C)CCC(CC(C)(C)C)(OC([3H])(C)C)OC([3H])(C)C)(OC([3H])(C)C)OC([3H])(C)C.[3H][Si](C)(C)O[Si]([3H])(C)O[Si]([3H])(C)O[Si]([3H])(C)O[Si]([3H])(C)O[Si]([3H])(C)O[Si]([3H])(C)O[Si](C)(C)C.